The molecule has 3 rings (SSSR count). The first-order chi connectivity index (χ1) is 17.5. The van der Waals surface area contributed by atoms with E-state index in [0.29, 0.717) is 27.9 Å². The third-order valence-corrected chi connectivity index (χ3v) is 9.57. The summed E-state index contributed by atoms with van der Waals surface area (Å²) < 4.78 is 74.5. The molecule has 0 amide bonds. The van der Waals surface area contributed by atoms with E-state index in [-0.39, 0.29) is 23.6 Å². The lowest BCUT2D eigenvalue weighted by Crippen LogP contribution is -2.46. The summed E-state index contributed by atoms with van der Waals surface area (Å²) in [5, 5.41) is 4.27. The van der Waals surface area contributed by atoms with Crippen LogP contribution in [0.1, 0.15) is 39.9 Å². The lowest BCUT2D eigenvalue weighted by molar-refractivity contribution is -0.117. The minimum Gasteiger partial charge on any atom is -0.386 e. The molecule has 2 atom stereocenters. The maximum absolute atomic E-state index is 15.2. The van der Waals surface area contributed by atoms with Crippen LogP contribution in [0.5, 0.6) is 0 Å². The number of rotatable bonds is 6. The molecule has 2 N–H and O–H groups in total. The monoisotopic (exact) mass is 574 g/mol. The van der Waals surface area contributed by atoms with E-state index < -0.39 is 38.6 Å². The zero-order valence-corrected chi connectivity index (χ0v) is 22.7. The Morgan fingerprint density at radius 2 is 1.92 bits per heavy atom. The Balaban J connectivity index is 1.85. The molecule has 0 spiro atoms. The second-order valence-electron chi connectivity index (χ2n) is 9.42. The standard InChI is InChI=1S/C24H27ClF4N6O2S/c1-14(19-10-18(35-37-19)20-31-11-16(25)12-32-20)6-7-17(26)15(2)23(5)8-9-38(36,33-13-24(27,28)29)22(3,4)21(30)34-23/h6-7,10-12H,2,8-9,13H2,1,3-5H3,(H2,30,34)/b14-6+,17-7+/t23-,38-/m0/s1. The van der Waals surface area contributed by atoms with Crippen LogP contribution in [0.4, 0.5) is 17.6 Å². The fourth-order valence-corrected chi connectivity index (χ4v) is 5.94. The fourth-order valence-electron chi connectivity index (χ4n) is 3.48. The number of allylic oxidation sites excluding steroid dienone is 3. The molecule has 14 heteroatoms. The maximum Gasteiger partial charge on any atom is 0.408 e. The SMILES string of the molecule is C=C(/C(F)=C\C=C(/C)c1cc(-c2ncc(Cl)cn2)no1)[C@]1(C)CC[S@@](=O)(=NCC(F)(F)F)C(C)(C)C(N)=N1. The van der Waals surface area contributed by atoms with Crippen molar-refractivity contribution in [1.29, 1.82) is 0 Å². The first-order valence-corrected chi connectivity index (χ1v) is 13.4. The van der Waals surface area contributed by atoms with E-state index in [1.54, 1.807) is 13.0 Å². The maximum atomic E-state index is 15.2. The smallest absolute Gasteiger partial charge is 0.386 e. The summed E-state index contributed by atoms with van der Waals surface area (Å²) in [6.45, 7) is 8.27. The number of alkyl halides is 3. The van der Waals surface area contributed by atoms with Crippen molar-refractivity contribution in [2.24, 2.45) is 15.1 Å². The van der Waals surface area contributed by atoms with Crippen molar-refractivity contribution in [3.63, 3.8) is 0 Å². The highest BCUT2D eigenvalue weighted by molar-refractivity contribution is 7.95. The Labute approximate surface area is 223 Å². The van der Waals surface area contributed by atoms with Crippen LogP contribution in [0.3, 0.4) is 0 Å². The molecule has 2 aromatic heterocycles. The average molecular weight is 575 g/mol. The zero-order chi connectivity index (χ0) is 28.5. The largest absolute Gasteiger partial charge is 0.408 e. The van der Waals surface area contributed by atoms with Gasteiger partial charge >= 0.3 is 6.18 Å². The van der Waals surface area contributed by atoms with Gasteiger partial charge in [0.25, 0.3) is 0 Å². The molecule has 3 heterocycles. The van der Waals surface area contributed by atoms with E-state index >= 15 is 4.39 Å². The number of hydrogen-bond acceptors (Lipinski definition) is 8. The van der Waals surface area contributed by atoms with Gasteiger partial charge in [-0.15, -0.1) is 0 Å². The molecule has 1 aliphatic heterocycles. The molecule has 0 radical (unpaired) electrons. The Morgan fingerprint density at radius 1 is 1.29 bits per heavy atom. The number of nitrogens with two attached hydrogens (primary N) is 1. The van der Waals surface area contributed by atoms with E-state index in [2.05, 4.69) is 31.1 Å². The number of amidine groups is 1. The highest BCUT2D eigenvalue weighted by atomic mass is 35.5. The van der Waals surface area contributed by atoms with Gasteiger partial charge in [0.1, 0.15) is 23.0 Å². The predicted molar refractivity (Wildman–Crippen MR) is 140 cm³/mol. The van der Waals surface area contributed by atoms with Crippen molar-refractivity contribution < 1.29 is 26.3 Å². The number of halogens is 5. The van der Waals surface area contributed by atoms with Gasteiger partial charge in [-0.25, -0.2) is 22.9 Å². The number of nitrogens with zero attached hydrogens (tertiary/aromatic N) is 5. The van der Waals surface area contributed by atoms with E-state index in [1.807, 2.05) is 0 Å². The number of aliphatic imine (C=N–C) groups is 1. The van der Waals surface area contributed by atoms with Crippen LogP contribution in [0.15, 0.2) is 62.5 Å². The molecular formula is C24H27ClF4N6O2S. The summed E-state index contributed by atoms with van der Waals surface area (Å²) in [5.41, 5.74) is 5.54. The molecule has 2 aromatic rings. The Bertz CT molecular complexity index is 1440. The molecule has 0 saturated heterocycles. The summed E-state index contributed by atoms with van der Waals surface area (Å²) >= 11 is 5.79. The zero-order valence-electron chi connectivity index (χ0n) is 21.1. The summed E-state index contributed by atoms with van der Waals surface area (Å²) in [7, 11) is -3.48. The first-order valence-electron chi connectivity index (χ1n) is 11.3. The van der Waals surface area contributed by atoms with Crippen LogP contribution in [-0.4, -0.2) is 53.9 Å². The third-order valence-electron chi connectivity index (χ3n) is 6.27. The Kier molecular flexibility index (Phi) is 8.23. The van der Waals surface area contributed by atoms with Crippen molar-refractivity contribution in [2.45, 2.75) is 50.6 Å². The van der Waals surface area contributed by atoms with Crippen LogP contribution < -0.4 is 5.73 Å². The van der Waals surface area contributed by atoms with Gasteiger partial charge in [-0.1, -0.05) is 29.4 Å². The summed E-state index contributed by atoms with van der Waals surface area (Å²) in [6.07, 6.45) is 0.711. The van der Waals surface area contributed by atoms with Crippen molar-refractivity contribution in [2.75, 3.05) is 12.3 Å². The van der Waals surface area contributed by atoms with Crippen LogP contribution in [0.25, 0.3) is 17.1 Å². The number of hydrogen-bond donors (Lipinski definition) is 1. The molecule has 38 heavy (non-hydrogen) atoms. The van der Waals surface area contributed by atoms with Crippen LogP contribution >= 0.6 is 11.6 Å². The molecule has 0 saturated carbocycles. The molecule has 0 fully saturated rings. The minimum atomic E-state index is -4.63. The minimum absolute atomic E-state index is 0.0763. The molecule has 206 valence electrons. The van der Waals surface area contributed by atoms with Gasteiger partial charge in [-0.3, -0.25) is 4.99 Å². The summed E-state index contributed by atoms with van der Waals surface area (Å²) in [5.74, 6) is -0.573. The van der Waals surface area contributed by atoms with Crippen molar-refractivity contribution in [3.05, 3.63) is 59.4 Å². The molecule has 0 unspecified atom stereocenters. The van der Waals surface area contributed by atoms with Gasteiger partial charge in [0.05, 0.1) is 20.3 Å². The van der Waals surface area contributed by atoms with Gasteiger partial charge in [0.15, 0.2) is 17.3 Å². The lowest BCUT2D eigenvalue weighted by atomic mass is 9.89. The van der Waals surface area contributed by atoms with Crippen molar-refractivity contribution in [3.8, 4) is 11.5 Å². The lowest BCUT2D eigenvalue weighted by Gasteiger charge is -2.27. The molecular weight excluding hydrogens is 548 g/mol. The molecule has 8 nitrogen and oxygen atoms in total. The van der Waals surface area contributed by atoms with Gasteiger partial charge in [-0.05, 0) is 45.8 Å². The van der Waals surface area contributed by atoms with Crippen LogP contribution in [-0.2, 0) is 9.73 Å². The van der Waals surface area contributed by atoms with Crippen LogP contribution in [0, 0.1) is 0 Å². The second kappa shape index (κ2) is 10.6. The highest BCUT2D eigenvalue weighted by Gasteiger charge is 2.44. The van der Waals surface area contributed by atoms with Gasteiger partial charge in [0, 0.05) is 29.8 Å². The predicted octanol–water partition coefficient (Wildman–Crippen LogP) is 5.93. The van der Waals surface area contributed by atoms with E-state index in [0.717, 1.165) is 6.08 Å². The summed E-state index contributed by atoms with van der Waals surface area (Å²) in [4.78, 5) is 12.5. The topological polar surface area (TPSA) is 120 Å². The first kappa shape index (κ1) is 29.5. The van der Waals surface area contributed by atoms with E-state index in [9.17, 15) is 17.4 Å². The molecule has 1 aliphatic rings. The Hall–Kier alpha value is -3.06. The average Bonchev–Trinajstić information content (AvgIpc) is 3.32. The summed E-state index contributed by atoms with van der Waals surface area (Å²) in [6, 6.07) is 1.58. The van der Waals surface area contributed by atoms with Gasteiger partial charge < -0.3 is 10.3 Å². The third kappa shape index (κ3) is 6.32. The van der Waals surface area contributed by atoms with Crippen molar-refractivity contribution in [1.82, 2.24) is 15.1 Å². The van der Waals surface area contributed by atoms with Crippen molar-refractivity contribution >= 4 is 32.7 Å². The molecule has 0 bridgehead atoms. The van der Waals surface area contributed by atoms with E-state index in [1.165, 1.54) is 39.2 Å². The highest BCUT2D eigenvalue weighted by Crippen LogP contribution is 2.37. The molecule has 0 aromatic carbocycles. The number of aromatic nitrogens is 3. The Morgan fingerprint density at radius 3 is 2.53 bits per heavy atom. The van der Waals surface area contributed by atoms with Crippen LogP contribution in [0.2, 0.25) is 5.02 Å². The fraction of sp³-hybridized carbons (Fsp3) is 0.417. The molecule has 0 aliphatic carbocycles. The van der Waals surface area contributed by atoms with Gasteiger partial charge in [-0.2, -0.15) is 13.2 Å². The van der Waals surface area contributed by atoms with Gasteiger partial charge in [0.2, 0.25) is 0 Å². The second-order valence-corrected chi connectivity index (χ2v) is 12.8. The van der Waals surface area contributed by atoms with E-state index in [4.69, 9.17) is 21.9 Å². The normalized spacial score (nSPS) is 24.5. The quantitative estimate of drug-likeness (QED) is 0.337.